The summed E-state index contributed by atoms with van der Waals surface area (Å²) in [6.07, 6.45) is 1.94. The molecule has 3 rings (SSSR count). The maximum absolute atomic E-state index is 10.9. The van der Waals surface area contributed by atoms with Crippen LogP contribution in [0.4, 0.5) is 5.69 Å². The van der Waals surface area contributed by atoms with Crippen LogP contribution >= 0.6 is 24.8 Å². The van der Waals surface area contributed by atoms with Gasteiger partial charge in [0.05, 0.1) is 16.7 Å². The van der Waals surface area contributed by atoms with Crippen molar-refractivity contribution in [3.05, 3.63) is 75.3 Å². The summed E-state index contributed by atoms with van der Waals surface area (Å²) in [5.74, 6) is 0. The Hall–Kier alpha value is -1.95. The van der Waals surface area contributed by atoms with E-state index < -0.39 is 0 Å². The Labute approximate surface area is 166 Å². The van der Waals surface area contributed by atoms with E-state index in [0.29, 0.717) is 0 Å². The molecular formula is C19H23Cl2N3O2. The molecule has 0 spiro atoms. The standard InChI is InChI=1S/C19H21N3O2.2ClH/c1-21(2)12-11-16-13-15-5-3-4-6-18(15)19(20-16)14-7-9-17(10-8-14)22(23)24;;/h3-10,16H,11-13H2,1-2H3;2*1H. The fourth-order valence-corrected chi connectivity index (χ4v) is 3.03. The van der Waals surface area contributed by atoms with E-state index >= 15 is 0 Å². The molecule has 0 radical (unpaired) electrons. The van der Waals surface area contributed by atoms with Crippen molar-refractivity contribution >= 4 is 36.2 Å². The normalized spacial score (nSPS) is 15.3. The first kappa shape index (κ1) is 22.1. The maximum Gasteiger partial charge on any atom is 0.269 e. The van der Waals surface area contributed by atoms with E-state index in [9.17, 15) is 10.1 Å². The summed E-state index contributed by atoms with van der Waals surface area (Å²) in [6, 6.07) is 15.2. The third kappa shape index (κ3) is 5.04. The lowest BCUT2D eigenvalue weighted by atomic mass is 9.89. The first-order chi connectivity index (χ1) is 11.5. The fourth-order valence-electron chi connectivity index (χ4n) is 3.03. The van der Waals surface area contributed by atoms with E-state index in [1.54, 1.807) is 24.3 Å². The Morgan fingerprint density at radius 1 is 1.12 bits per heavy atom. The van der Waals surface area contributed by atoms with E-state index in [1.807, 2.05) is 6.07 Å². The first-order valence-electron chi connectivity index (χ1n) is 8.10. The lowest BCUT2D eigenvalue weighted by molar-refractivity contribution is -0.384. The van der Waals surface area contributed by atoms with Gasteiger partial charge in [-0.1, -0.05) is 24.3 Å². The quantitative estimate of drug-likeness (QED) is 0.564. The van der Waals surface area contributed by atoms with Crippen molar-refractivity contribution in [2.45, 2.75) is 18.9 Å². The largest absolute Gasteiger partial charge is 0.309 e. The summed E-state index contributed by atoms with van der Waals surface area (Å²) < 4.78 is 0. The molecule has 1 aliphatic rings. The second-order valence-corrected chi connectivity index (χ2v) is 6.39. The molecule has 2 aromatic carbocycles. The highest BCUT2D eigenvalue weighted by molar-refractivity contribution is 6.14. The molecule has 0 amide bonds. The summed E-state index contributed by atoms with van der Waals surface area (Å²) >= 11 is 0. The van der Waals surface area contributed by atoms with Crippen LogP contribution in [0.3, 0.4) is 0 Å². The molecule has 7 heteroatoms. The lowest BCUT2D eigenvalue weighted by Gasteiger charge is -2.24. The highest BCUT2D eigenvalue weighted by atomic mass is 35.5. The number of aliphatic imine (C=N–C) groups is 1. The third-order valence-electron chi connectivity index (χ3n) is 4.30. The second kappa shape index (κ2) is 9.67. The van der Waals surface area contributed by atoms with Crippen LogP contribution in [0.1, 0.15) is 23.1 Å². The minimum Gasteiger partial charge on any atom is -0.309 e. The smallest absolute Gasteiger partial charge is 0.269 e. The molecule has 0 N–H and O–H groups in total. The molecule has 1 aliphatic heterocycles. The molecule has 26 heavy (non-hydrogen) atoms. The van der Waals surface area contributed by atoms with Crippen LogP contribution in [0.25, 0.3) is 0 Å². The minimum absolute atomic E-state index is 0. The molecule has 1 heterocycles. The van der Waals surface area contributed by atoms with Crippen molar-refractivity contribution in [3.8, 4) is 0 Å². The molecule has 0 bridgehead atoms. The van der Waals surface area contributed by atoms with Crippen LogP contribution < -0.4 is 0 Å². The summed E-state index contributed by atoms with van der Waals surface area (Å²) in [5, 5.41) is 10.9. The van der Waals surface area contributed by atoms with Crippen LogP contribution in [0.5, 0.6) is 0 Å². The van der Waals surface area contributed by atoms with Crippen molar-refractivity contribution in [3.63, 3.8) is 0 Å². The van der Waals surface area contributed by atoms with Crippen molar-refractivity contribution in [1.29, 1.82) is 0 Å². The topological polar surface area (TPSA) is 58.7 Å². The van der Waals surface area contributed by atoms with E-state index in [1.165, 1.54) is 5.56 Å². The zero-order valence-corrected chi connectivity index (χ0v) is 16.4. The summed E-state index contributed by atoms with van der Waals surface area (Å²) in [6.45, 7) is 0.990. The molecule has 0 aromatic heterocycles. The molecule has 5 nitrogen and oxygen atoms in total. The van der Waals surface area contributed by atoms with Gasteiger partial charge >= 0.3 is 0 Å². The number of hydrogen-bond acceptors (Lipinski definition) is 4. The predicted molar refractivity (Wildman–Crippen MR) is 110 cm³/mol. The van der Waals surface area contributed by atoms with Crippen LogP contribution in [0.15, 0.2) is 53.5 Å². The number of nitro benzene ring substituents is 1. The van der Waals surface area contributed by atoms with E-state index in [0.717, 1.165) is 36.2 Å². The van der Waals surface area contributed by atoms with Crippen LogP contribution in [-0.4, -0.2) is 42.2 Å². The first-order valence-corrected chi connectivity index (χ1v) is 8.10. The summed E-state index contributed by atoms with van der Waals surface area (Å²) in [4.78, 5) is 17.6. The fraction of sp³-hybridized carbons (Fsp3) is 0.316. The number of rotatable bonds is 5. The third-order valence-corrected chi connectivity index (χ3v) is 4.30. The van der Waals surface area contributed by atoms with Gasteiger partial charge in [0.1, 0.15) is 0 Å². The summed E-state index contributed by atoms with van der Waals surface area (Å²) in [5.41, 5.74) is 4.41. The number of benzene rings is 2. The van der Waals surface area contributed by atoms with E-state index in [4.69, 9.17) is 4.99 Å². The van der Waals surface area contributed by atoms with Gasteiger partial charge in [-0.15, -0.1) is 24.8 Å². The van der Waals surface area contributed by atoms with Gasteiger partial charge < -0.3 is 4.90 Å². The number of nitro groups is 1. The minimum atomic E-state index is -0.375. The molecule has 0 fully saturated rings. The molecule has 0 saturated carbocycles. The SMILES string of the molecule is CN(C)CCC1Cc2ccccc2C(c2ccc([N+](=O)[O-])cc2)=N1.Cl.Cl. The molecule has 0 aliphatic carbocycles. The zero-order valence-electron chi connectivity index (χ0n) is 14.8. The highest BCUT2D eigenvalue weighted by Crippen LogP contribution is 2.25. The number of non-ortho nitro benzene ring substituents is 1. The van der Waals surface area contributed by atoms with Gasteiger partial charge in [0.2, 0.25) is 0 Å². The van der Waals surface area contributed by atoms with Gasteiger partial charge in [0.25, 0.3) is 5.69 Å². The van der Waals surface area contributed by atoms with Crippen LogP contribution in [-0.2, 0) is 6.42 Å². The maximum atomic E-state index is 10.9. The van der Waals surface area contributed by atoms with Gasteiger partial charge in [0.15, 0.2) is 0 Å². The van der Waals surface area contributed by atoms with Crippen LogP contribution in [0.2, 0.25) is 0 Å². The molecule has 1 unspecified atom stereocenters. The Bertz CT molecular complexity index is 777. The number of fused-ring (bicyclic) bond motifs is 1. The molecular weight excluding hydrogens is 373 g/mol. The lowest BCUT2D eigenvalue weighted by Crippen LogP contribution is -2.25. The average Bonchev–Trinajstić information content (AvgIpc) is 2.59. The number of nitrogens with zero attached hydrogens (tertiary/aromatic N) is 3. The number of halogens is 2. The van der Waals surface area contributed by atoms with Gasteiger partial charge in [-0.05, 0) is 51.2 Å². The van der Waals surface area contributed by atoms with Crippen molar-refractivity contribution in [2.24, 2.45) is 4.99 Å². The van der Waals surface area contributed by atoms with Crippen molar-refractivity contribution in [2.75, 3.05) is 20.6 Å². The molecule has 1 atom stereocenters. The summed E-state index contributed by atoms with van der Waals surface area (Å²) in [7, 11) is 4.13. The monoisotopic (exact) mass is 395 g/mol. The van der Waals surface area contributed by atoms with Gasteiger partial charge in [-0.2, -0.15) is 0 Å². The zero-order chi connectivity index (χ0) is 17.1. The number of hydrogen-bond donors (Lipinski definition) is 0. The molecule has 2 aromatic rings. The van der Waals surface area contributed by atoms with E-state index in [2.05, 4.69) is 37.2 Å². The van der Waals surface area contributed by atoms with Crippen molar-refractivity contribution in [1.82, 2.24) is 4.90 Å². The Morgan fingerprint density at radius 3 is 2.38 bits per heavy atom. The van der Waals surface area contributed by atoms with E-state index in [-0.39, 0.29) is 41.5 Å². The second-order valence-electron chi connectivity index (χ2n) is 6.39. The molecule has 0 saturated heterocycles. The van der Waals surface area contributed by atoms with Gasteiger partial charge in [-0.25, -0.2) is 0 Å². The molecule has 140 valence electrons. The van der Waals surface area contributed by atoms with Crippen molar-refractivity contribution < 1.29 is 4.92 Å². The predicted octanol–water partition coefficient (Wildman–Crippen LogP) is 4.15. The Balaban J connectivity index is 0.00000169. The van der Waals surface area contributed by atoms with Gasteiger partial charge in [0, 0.05) is 23.3 Å². The average molecular weight is 396 g/mol. The highest BCUT2D eigenvalue weighted by Gasteiger charge is 2.22. The van der Waals surface area contributed by atoms with Gasteiger partial charge in [-0.3, -0.25) is 15.1 Å². The Morgan fingerprint density at radius 2 is 1.77 bits per heavy atom. The Kier molecular flexibility index (Phi) is 8.21. The van der Waals surface area contributed by atoms with Crippen LogP contribution in [0, 0.1) is 10.1 Å².